The molecule has 0 spiro atoms. The number of aliphatic carboxylic acids is 1. The lowest BCUT2D eigenvalue weighted by Crippen LogP contribution is -2.61. The minimum atomic E-state index is -2.00. The van der Waals surface area contributed by atoms with Crippen molar-refractivity contribution in [2.45, 2.75) is 185 Å². The minimum Gasteiger partial charge on any atom is -0.481 e. The van der Waals surface area contributed by atoms with E-state index in [-0.39, 0.29) is 130 Å². The number of aliphatic imine (C=N–C) groups is 2. The molecule has 2 saturated heterocycles. The number of rotatable bonds is 24. The Hall–Kier alpha value is -9.90. The first kappa shape index (κ1) is 95.3. The third-order valence-electron chi connectivity index (χ3n) is 16.2. The van der Waals surface area contributed by atoms with Gasteiger partial charge in [0.25, 0.3) is 0 Å². The van der Waals surface area contributed by atoms with Gasteiger partial charge >= 0.3 is 5.97 Å². The van der Waals surface area contributed by atoms with Crippen LogP contribution in [0.1, 0.15) is 117 Å². The molecule has 2 aliphatic rings. The van der Waals surface area contributed by atoms with Gasteiger partial charge in [0.1, 0.15) is 66.5 Å². The largest absolute Gasteiger partial charge is 0.481 e. The molecule has 620 valence electrons. The fourth-order valence-electron chi connectivity index (χ4n) is 10.6. The summed E-state index contributed by atoms with van der Waals surface area (Å²) in [6.45, 7) is 5.85. The zero-order valence-corrected chi connectivity index (χ0v) is 65.7. The Kier molecular flexibility index (Phi) is 43.6. The van der Waals surface area contributed by atoms with Crippen LogP contribution >= 0.6 is 43.2 Å². The number of hydrogen-bond acceptors (Lipinski definition) is 25. The maximum Gasteiger partial charge on any atom is 0.303 e. The molecule has 111 heavy (non-hydrogen) atoms. The van der Waals surface area contributed by atoms with E-state index in [4.69, 9.17) is 40.1 Å². The Morgan fingerprint density at radius 1 is 0.604 bits per heavy atom. The van der Waals surface area contributed by atoms with Crippen molar-refractivity contribution in [2.75, 3.05) is 68.8 Å². The summed E-state index contributed by atoms with van der Waals surface area (Å²) in [7, 11) is 4.39. The first-order valence-electron chi connectivity index (χ1n) is 35.7. The van der Waals surface area contributed by atoms with Gasteiger partial charge in [-0.2, -0.15) is 0 Å². The van der Waals surface area contributed by atoms with Gasteiger partial charge in [-0.3, -0.25) is 91.5 Å². The Morgan fingerprint density at radius 2 is 1.13 bits per heavy atom. The number of amides is 16. The molecule has 47 heteroatoms. The number of primary amides is 2. The van der Waals surface area contributed by atoms with Crippen molar-refractivity contribution >= 4 is 156 Å². The first-order valence-corrected chi connectivity index (χ1v) is 40.6. The highest BCUT2D eigenvalue weighted by Gasteiger charge is 2.37. The second-order valence-corrected chi connectivity index (χ2v) is 31.9. The minimum absolute atomic E-state index is 0.00276. The summed E-state index contributed by atoms with van der Waals surface area (Å²) in [6, 6.07) is -17.4. The standard InChI is InChI=1S/C64H107N25O18S4/c1-32(2)20-39(52(67)97)84-62(107)45-30-111-109-19-9-17-89-16-8-18-108-110-29-44(61(106)83-38(12-13-51(95)96)57(102)87-42(23-46(66)90)60(105)86-41(22-35-26-72-31-77-35)59(104)82-37(56(101)88-45)11-7-15-74-64(70)71)81-49(93)28-75-54(99)36(10-6-14-73-63(68)69)79-48(92)27-76-55(100)40(21-33(3)4)85-53(98)34(5)78-58(103)43(24-50(89)94)80-47(91)25-65/h26,31-34,36-45H,6-25,27-30,65H2,1-5H3,(H2,66,90)(H2,67,97)(H,72,77)(H,75,99)(H,76,100)(H,78,103)(H,79,92)(H,80,91)(H,81,93)(H,82,104)(H,83,106)(H,84,107)(H,85,98)(H,86,105)(H,87,102)(H,88,101)(H,95,96)(H4,68,69,73)(H4,70,71,74)/t34-,36-,37-,38-,39-,40-,41-,42-,43-,44-,45-/m0/s1. The summed E-state index contributed by atoms with van der Waals surface area (Å²) in [6.07, 6.45) is -0.925. The summed E-state index contributed by atoms with van der Waals surface area (Å²) in [4.78, 5) is 252. The molecular formula is C64H107N25O18S4. The number of carboxylic acids is 1. The Balaban J connectivity index is 2.34. The third-order valence-corrected chi connectivity index (χ3v) is 21.2. The summed E-state index contributed by atoms with van der Waals surface area (Å²) in [5, 5.41) is 42.1. The average molecular weight is 1640 g/mol. The second kappa shape index (κ2) is 50.8. The van der Waals surface area contributed by atoms with Gasteiger partial charge in [-0.1, -0.05) is 70.9 Å². The van der Waals surface area contributed by atoms with Crippen LogP contribution in [-0.4, -0.2) is 268 Å². The van der Waals surface area contributed by atoms with Crippen LogP contribution in [0.25, 0.3) is 0 Å². The molecule has 1 aromatic heterocycles. The second-order valence-electron chi connectivity index (χ2n) is 26.6. The van der Waals surface area contributed by atoms with Gasteiger partial charge in [0.2, 0.25) is 94.5 Å². The number of H-pyrrole nitrogens is 1. The summed E-state index contributed by atoms with van der Waals surface area (Å²) in [5.41, 5.74) is 39.4. The molecule has 2 aliphatic heterocycles. The number of guanidine groups is 2. The molecule has 0 aromatic carbocycles. The number of fused-ring (bicyclic) bond motifs is 7. The van der Waals surface area contributed by atoms with Gasteiger partial charge in [-0.05, 0) is 76.5 Å². The molecule has 29 N–H and O–H groups in total. The quantitative estimate of drug-likeness (QED) is 0.0198. The Bertz CT molecular complexity index is 3420. The highest BCUT2D eigenvalue weighted by Crippen LogP contribution is 2.26. The van der Waals surface area contributed by atoms with Crippen LogP contribution in [0.3, 0.4) is 0 Å². The zero-order valence-electron chi connectivity index (χ0n) is 62.5. The molecule has 3 heterocycles. The van der Waals surface area contributed by atoms with Crippen LogP contribution in [0, 0.1) is 11.8 Å². The Morgan fingerprint density at radius 3 is 1.68 bits per heavy atom. The third kappa shape index (κ3) is 38.5. The predicted molar refractivity (Wildman–Crippen MR) is 413 cm³/mol. The molecular weight excluding hydrogens is 1540 g/mol. The van der Waals surface area contributed by atoms with E-state index < -0.39 is 219 Å². The zero-order chi connectivity index (χ0) is 82.9. The highest BCUT2D eigenvalue weighted by molar-refractivity contribution is 8.77. The lowest BCUT2D eigenvalue weighted by Gasteiger charge is -2.27. The van der Waals surface area contributed by atoms with Gasteiger partial charge in [0, 0.05) is 73.9 Å². The monoisotopic (exact) mass is 1640 g/mol. The number of nitrogens with two attached hydrogens (primary N) is 7. The van der Waals surface area contributed by atoms with Gasteiger partial charge in [0.05, 0.1) is 38.8 Å². The molecule has 1 aromatic rings. The topological polar surface area (TPSA) is 706 Å². The van der Waals surface area contributed by atoms with Gasteiger partial charge in [0.15, 0.2) is 11.9 Å². The molecule has 43 nitrogen and oxygen atoms in total. The number of aromatic amines is 1. The fourth-order valence-corrected chi connectivity index (χ4v) is 15.1. The van der Waals surface area contributed by atoms with Gasteiger partial charge < -0.3 is 124 Å². The predicted octanol–water partition coefficient (Wildman–Crippen LogP) is -8.29. The fraction of sp³-hybridized carbons (Fsp3) is 0.656. The molecule has 0 radical (unpaired) electrons. The molecule has 2 bridgehead atoms. The van der Waals surface area contributed by atoms with Gasteiger partial charge in [-0.25, -0.2) is 4.98 Å². The molecule has 11 atom stereocenters. The number of imidazole rings is 1. The molecule has 16 amide bonds. The van der Waals surface area contributed by atoms with Crippen molar-refractivity contribution in [3.8, 4) is 0 Å². The first-order chi connectivity index (χ1) is 52.5. The summed E-state index contributed by atoms with van der Waals surface area (Å²) < 4.78 is 0. The number of carboxylic acid groups (broad SMARTS) is 1. The van der Waals surface area contributed by atoms with Crippen LogP contribution in [0.5, 0.6) is 0 Å². The van der Waals surface area contributed by atoms with Crippen LogP contribution in [0.4, 0.5) is 0 Å². The number of nitrogens with one attached hydrogen (secondary N) is 14. The summed E-state index contributed by atoms with van der Waals surface area (Å²) in [5.74, 6) is -18.6. The lowest BCUT2D eigenvalue weighted by molar-refractivity contribution is -0.139. The number of aromatic nitrogens is 2. The maximum absolute atomic E-state index is 14.7. The van der Waals surface area contributed by atoms with Crippen molar-refractivity contribution in [3.63, 3.8) is 0 Å². The van der Waals surface area contributed by atoms with E-state index in [1.54, 1.807) is 27.7 Å². The normalized spacial score (nSPS) is 23.6. The van der Waals surface area contributed by atoms with Crippen molar-refractivity contribution in [2.24, 2.45) is 62.0 Å². The van der Waals surface area contributed by atoms with Crippen molar-refractivity contribution in [1.29, 1.82) is 0 Å². The van der Waals surface area contributed by atoms with E-state index >= 15 is 0 Å². The Labute approximate surface area is 656 Å². The number of hydrogen-bond donors (Lipinski definition) is 22. The van der Waals surface area contributed by atoms with Crippen molar-refractivity contribution < 1.29 is 86.6 Å². The van der Waals surface area contributed by atoms with Crippen LogP contribution in [0.15, 0.2) is 22.5 Å². The van der Waals surface area contributed by atoms with E-state index in [9.17, 15) is 86.6 Å². The van der Waals surface area contributed by atoms with Crippen LogP contribution < -0.4 is 109 Å². The molecule has 2 fully saturated rings. The highest BCUT2D eigenvalue weighted by atomic mass is 33.1. The molecule has 0 saturated carbocycles. The smallest absolute Gasteiger partial charge is 0.303 e. The molecule has 0 unspecified atom stereocenters. The van der Waals surface area contributed by atoms with E-state index in [1.807, 2.05) is 0 Å². The van der Waals surface area contributed by atoms with E-state index in [0.29, 0.717) is 0 Å². The number of carbonyl (C=O) groups excluding carboxylic acids is 16. The van der Waals surface area contributed by atoms with E-state index in [0.717, 1.165) is 32.4 Å². The van der Waals surface area contributed by atoms with Crippen LogP contribution in [-0.2, 0) is 87.9 Å². The van der Waals surface area contributed by atoms with E-state index in [1.165, 1.54) is 35.1 Å². The van der Waals surface area contributed by atoms with Crippen molar-refractivity contribution in [1.82, 2.24) is 84.0 Å². The number of nitrogens with zero attached hydrogens (tertiary/aromatic N) is 4. The van der Waals surface area contributed by atoms with Crippen LogP contribution in [0.2, 0.25) is 0 Å². The lowest BCUT2D eigenvalue weighted by atomic mass is 10.0. The van der Waals surface area contributed by atoms with Gasteiger partial charge in [-0.15, -0.1) is 0 Å². The average Bonchev–Trinajstić information content (AvgIpc) is 1.83. The number of carbonyl (C=O) groups is 17. The van der Waals surface area contributed by atoms with E-state index in [2.05, 4.69) is 89.1 Å². The summed E-state index contributed by atoms with van der Waals surface area (Å²) >= 11 is 0. The molecule has 0 aliphatic carbocycles. The SMILES string of the molecule is CC(C)C[C@H](NC(=O)[C@@H]1CSSCCCN2CCCSSC[C@H](NC(=O)CNC(=O)[C@H](CCCN=C(N)N)NC(=O)CNC(=O)[C@H](CC(C)C)NC(=O)[C@H](C)NC(=O)[C@@H](NC(=O)CN)CC2=O)C(=O)N[C@@H](CCC(=O)O)C(=O)N[C@@H](CC(N)=O)C(=O)N[C@@H](Cc2cnc[nH]2)C(=O)N[C@@H](CCCN=C(N)N)C(=O)N1)C(N)=O. The van der Waals surface area contributed by atoms with Crippen molar-refractivity contribution in [3.05, 3.63) is 18.2 Å². The maximum atomic E-state index is 14.7. The molecule has 3 rings (SSSR count).